The molecule has 2 aliphatic heterocycles. The maximum Gasteiger partial charge on any atom is 0.289 e. The van der Waals surface area contributed by atoms with Gasteiger partial charge in [-0.25, -0.2) is 9.29 Å². The van der Waals surface area contributed by atoms with Crippen LogP contribution in [0, 0.1) is 5.82 Å². The van der Waals surface area contributed by atoms with E-state index in [-0.39, 0.29) is 28.0 Å². The van der Waals surface area contributed by atoms with Gasteiger partial charge in [-0.2, -0.15) is 0 Å². The van der Waals surface area contributed by atoms with E-state index in [0.717, 1.165) is 4.90 Å². The average molecular weight is 428 g/mol. The fourth-order valence-corrected chi connectivity index (χ4v) is 3.56. The number of hydrogen-bond donors (Lipinski definition) is 1. The van der Waals surface area contributed by atoms with E-state index < -0.39 is 17.6 Å². The Morgan fingerprint density at radius 2 is 1.83 bits per heavy atom. The Kier molecular flexibility index (Phi) is 5.32. The number of piperazine rings is 1. The first-order chi connectivity index (χ1) is 14.5. The molecule has 0 saturated carbocycles. The molecule has 30 heavy (non-hydrogen) atoms. The van der Waals surface area contributed by atoms with Gasteiger partial charge in [0.1, 0.15) is 11.4 Å². The van der Waals surface area contributed by atoms with Gasteiger partial charge >= 0.3 is 0 Å². The van der Waals surface area contributed by atoms with Crippen molar-refractivity contribution in [2.75, 3.05) is 31.1 Å². The largest absolute Gasteiger partial charge is 0.459 e. The number of thiocarbonyl (C=S) groups is 1. The van der Waals surface area contributed by atoms with Crippen LogP contribution in [-0.4, -0.2) is 58.8 Å². The summed E-state index contributed by atoms with van der Waals surface area (Å²) >= 11 is 5.08. The van der Waals surface area contributed by atoms with Gasteiger partial charge in [-0.15, -0.1) is 0 Å². The van der Waals surface area contributed by atoms with Gasteiger partial charge in [0.05, 0.1) is 12.0 Å². The molecule has 1 aromatic carbocycles. The number of nitrogens with one attached hydrogen (secondary N) is 1. The Hall–Kier alpha value is -3.53. The summed E-state index contributed by atoms with van der Waals surface area (Å²) in [4.78, 5) is 42.0. The van der Waals surface area contributed by atoms with Crippen molar-refractivity contribution in [1.29, 1.82) is 0 Å². The predicted octanol–water partition coefficient (Wildman–Crippen LogP) is 1.51. The first kappa shape index (κ1) is 19.8. The molecule has 154 valence electrons. The SMILES string of the molecule is O=C1NC(=S)N(c2ccccc2F)C(=O)/C1=C\N1CCN(C(=O)c2ccco2)CC1. The third kappa shape index (κ3) is 3.69. The smallest absolute Gasteiger partial charge is 0.289 e. The summed E-state index contributed by atoms with van der Waals surface area (Å²) in [5.74, 6) is -1.93. The van der Waals surface area contributed by atoms with Crippen LogP contribution in [0.4, 0.5) is 10.1 Å². The minimum absolute atomic E-state index is 0.0349. The van der Waals surface area contributed by atoms with Crippen molar-refractivity contribution in [2.24, 2.45) is 0 Å². The van der Waals surface area contributed by atoms with E-state index in [1.54, 1.807) is 28.0 Å². The molecule has 2 aromatic rings. The monoisotopic (exact) mass is 428 g/mol. The molecule has 1 aromatic heterocycles. The molecule has 2 fully saturated rings. The van der Waals surface area contributed by atoms with Crippen LogP contribution in [-0.2, 0) is 9.59 Å². The molecule has 10 heteroatoms. The minimum atomic E-state index is -0.706. The van der Waals surface area contributed by atoms with E-state index in [4.69, 9.17) is 16.6 Å². The molecule has 3 amide bonds. The van der Waals surface area contributed by atoms with Gasteiger partial charge in [0.15, 0.2) is 10.9 Å². The van der Waals surface area contributed by atoms with Gasteiger partial charge in [-0.3, -0.25) is 19.7 Å². The lowest BCUT2D eigenvalue weighted by Gasteiger charge is -2.35. The molecule has 8 nitrogen and oxygen atoms in total. The second-order valence-electron chi connectivity index (χ2n) is 6.70. The first-order valence-corrected chi connectivity index (χ1v) is 9.59. The van der Waals surface area contributed by atoms with Gasteiger partial charge < -0.3 is 14.2 Å². The van der Waals surface area contributed by atoms with E-state index in [1.807, 2.05) is 0 Å². The van der Waals surface area contributed by atoms with Crippen LogP contribution in [0.3, 0.4) is 0 Å². The highest BCUT2D eigenvalue weighted by molar-refractivity contribution is 7.80. The highest BCUT2D eigenvalue weighted by Crippen LogP contribution is 2.24. The van der Waals surface area contributed by atoms with Crippen LogP contribution in [0.5, 0.6) is 0 Å². The summed E-state index contributed by atoms with van der Waals surface area (Å²) in [7, 11) is 0. The van der Waals surface area contributed by atoms with Crippen LogP contribution in [0.15, 0.2) is 58.9 Å². The fraction of sp³-hybridized carbons (Fsp3) is 0.200. The van der Waals surface area contributed by atoms with E-state index in [0.29, 0.717) is 26.2 Å². The summed E-state index contributed by atoms with van der Waals surface area (Å²) in [6, 6.07) is 8.93. The Labute approximate surface area is 176 Å². The van der Waals surface area contributed by atoms with Crippen molar-refractivity contribution in [2.45, 2.75) is 0 Å². The number of carbonyl (C=O) groups excluding carboxylic acids is 3. The number of para-hydroxylation sites is 1. The summed E-state index contributed by atoms with van der Waals surface area (Å²) in [6.07, 6.45) is 2.87. The normalized spacial score (nSPS) is 18.8. The van der Waals surface area contributed by atoms with Gasteiger partial charge in [0.2, 0.25) is 0 Å². The zero-order valence-electron chi connectivity index (χ0n) is 15.7. The second kappa shape index (κ2) is 8.07. The molecule has 0 bridgehead atoms. The molecule has 0 spiro atoms. The number of anilines is 1. The van der Waals surface area contributed by atoms with Crippen LogP contribution < -0.4 is 10.2 Å². The van der Waals surface area contributed by atoms with Crippen molar-refractivity contribution in [3.63, 3.8) is 0 Å². The quantitative estimate of drug-likeness (QED) is 0.453. The highest BCUT2D eigenvalue weighted by Gasteiger charge is 2.36. The highest BCUT2D eigenvalue weighted by atomic mass is 32.1. The molecule has 0 radical (unpaired) electrons. The number of hydrogen-bond acceptors (Lipinski definition) is 6. The van der Waals surface area contributed by atoms with Gasteiger partial charge in [-0.05, 0) is 36.5 Å². The molecular formula is C20H17FN4O4S. The molecular weight excluding hydrogens is 411 g/mol. The van der Waals surface area contributed by atoms with Gasteiger partial charge in [-0.1, -0.05) is 12.1 Å². The molecule has 3 heterocycles. The van der Waals surface area contributed by atoms with Crippen molar-refractivity contribution in [3.05, 3.63) is 66.0 Å². The van der Waals surface area contributed by atoms with Crippen LogP contribution in [0.25, 0.3) is 0 Å². The molecule has 0 unspecified atom stereocenters. The zero-order chi connectivity index (χ0) is 21.3. The lowest BCUT2D eigenvalue weighted by molar-refractivity contribution is -0.122. The van der Waals surface area contributed by atoms with E-state index in [1.165, 1.54) is 30.7 Å². The second-order valence-corrected chi connectivity index (χ2v) is 7.09. The Bertz CT molecular complexity index is 1040. The summed E-state index contributed by atoms with van der Waals surface area (Å²) in [5, 5.41) is 2.25. The Balaban J connectivity index is 1.50. The maximum absolute atomic E-state index is 14.2. The number of benzene rings is 1. The Morgan fingerprint density at radius 1 is 1.10 bits per heavy atom. The summed E-state index contributed by atoms with van der Waals surface area (Å²) in [5.41, 5.74) is -0.190. The molecule has 1 N–H and O–H groups in total. The lowest BCUT2D eigenvalue weighted by Crippen LogP contribution is -2.55. The number of furan rings is 1. The van der Waals surface area contributed by atoms with Gasteiger partial charge in [0, 0.05) is 32.4 Å². The number of amides is 3. The average Bonchev–Trinajstić information content (AvgIpc) is 3.27. The third-order valence-corrected chi connectivity index (χ3v) is 5.12. The maximum atomic E-state index is 14.2. The van der Waals surface area contributed by atoms with Crippen LogP contribution in [0.2, 0.25) is 0 Å². The number of carbonyl (C=O) groups is 3. The minimum Gasteiger partial charge on any atom is -0.459 e. The zero-order valence-corrected chi connectivity index (χ0v) is 16.5. The van der Waals surface area contributed by atoms with E-state index in [2.05, 4.69) is 5.32 Å². The number of halogens is 1. The number of rotatable bonds is 3. The van der Waals surface area contributed by atoms with Crippen molar-refractivity contribution in [1.82, 2.24) is 15.1 Å². The summed E-state index contributed by atoms with van der Waals surface area (Å²) < 4.78 is 19.3. The fourth-order valence-electron chi connectivity index (χ4n) is 3.29. The van der Waals surface area contributed by atoms with Crippen molar-refractivity contribution in [3.8, 4) is 0 Å². The standard InChI is InChI=1S/C20H17FN4O4S/c21-14-4-1-2-5-15(14)25-18(27)13(17(26)22-20(25)30)12-23-7-9-24(10-8-23)19(28)16-6-3-11-29-16/h1-6,11-12H,7-10H2,(H,22,26,30)/b13-12-. The van der Waals surface area contributed by atoms with E-state index in [9.17, 15) is 18.8 Å². The van der Waals surface area contributed by atoms with Crippen LogP contribution >= 0.6 is 12.2 Å². The Morgan fingerprint density at radius 3 is 2.50 bits per heavy atom. The van der Waals surface area contributed by atoms with Crippen molar-refractivity contribution >= 4 is 40.7 Å². The van der Waals surface area contributed by atoms with Crippen molar-refractivity contribution < 1.29 is 23.2 Å². The van der Waals surface area contributed by atoms with Crippen LogP contribution in [0.1, 0.15) is 10.6 Å². The summed E-state index contributed by atoms with van der Waals surface area (Å²) in [6.45, 7) is 1.63. The lowest BCUT2D eigenvalue weighted by atomic mass is 10.1. The first-order valence-electron chi connectivity index (χ1n) is 9.18. The predicted molar refractivity (Wildman–Crippen MR) is 109 cm³/mol. The molecule has 0 aliphatic carbocycles. The number of nitrogens with zero attached hydrogens (tertiary/aromatic N) is 3. The van der Waals surface area contributed by atoms with E-state index >= 15 is 0 Å². The topological polar surface area (TPSA) is 86.1 Å². The molecule has 2 saturated heterocycles. The molecule has 2 aliphatic rings. The third-order valence-electron chi connectivity index (χ3n) is 4.84. The molecule has 0 atom stereocenters. The molecule has 4 rings (SSSR count). The van der Waals surface area contributed by atoms with Gasteiger partial charge in [0.25, 0.3) is 17.7 Å².